The Morgan fingerprint density at radius 1 is 1.17 bits per heavy atom. The van der Waals surface area contributed by atoms with Crippen LogP contribution in [0.3, 0.4) is 0 Å². The van der Waals surface area contributed by atoms with Gasteiger partial charge in [0.2, 0.25) is 5.89 Å². The van der Waals surface area contributed by atoms with E-state index >= 15 is 0 Å². The standard InChI is InChI=1S/C23H25ClFN3O2/c1-3-16(2)26-23(29)21-15-30-22(27-21)14-28(12-17-8-10-19(25)11-9-17)13-18-6-4-5-7-20(18)24/h4-11,15-16H,3,12-14H2,1-2H3,(H,26,29). The molecule has 1 unspecified atom stereocenters. The Labute approximate surface area is 180 Å². The fourth-order valence-electron chi connectivity index (χ4n) is 2.96. The highest BCUT2D eigenvalue weighted by atomic mass is 35.5. The number of benzene rings is 2. The van der Waals surface area contributed by atoms with E-state index in [1.165, 1.54) is 18.4 Å². The Balaban J connectivity index is 1.75. The van der Waals surface area contributed by atoms with Gasteiger partial charge in [-0.25, -0.2) is 9.37 Å². The molecule has 158 valence electrons. The summed E-state index contributed by atoms with van der Waals surface area (Å²) in [6.45, 7) is 5.41. The molecule has 2 aromatic carbocycles. The first-order valence-corrected chi connectivity index (χ1v) is 10.3. The number of nitrogens with one attached hydrogen (secondary N) is 1. The van der Waals surface area contributed by atoms with Gasteiger partial charge in [0.05, 0.1) is 6.54 Å². The van der Waals surface area contributed by atoms with Gasteiger partial charge in [0.15, 0.2) is 5.69 Å². The summed E-state index contributed by atoms with van der Waals surface area (Å²) in [5.74, 6) is -0.102. The second kappa shape index (κ2) is 10.4. The van der Waals surface area contributed by atoms with E-state index in [1.54, 1.807) is 12.1 Å². The maximum Gasteiger partial charge on any atom is 0.273 e. The Hall–Kier alpha value is -2.70. The predicted molar refractivity (Wildman–Crippen MR) is 115 cm³/mol. The van der Waals surface area contributed by atoms with Gasteiger partial charge in [-0.15, -0.1) is 0 Å². The number of amides is 1. The monoisotopic (exact) mass is 429 g/mol. The van der Waals surface area contributed by atoms with Crippen molar-refractivity contribution in [1.29, 1.82) is 0 Å². The molecule has 0 aliphatic heterocycles. The number of hydrogen-bond donors (Lipinski definition) is 1. The van der Waals surface area contributed by atoms with Crippen LogP contribution in [0.1, 0.15) is 47.8 Å². The minimum atomic E-state index is -0.277. The van der Waals surface area contributed by atoms with Crippen LogP contribution < -0.4 is 5.32 Å². The first-order valence-electron chi connectivity index (χ1n) is 9.90. The van der Waals surface area contributed by atoms with Crippen LogP contribution in [-0.2, 0) is 19.6 Å². The van der Waals surface area contributed by atoms with E-state index in [9.17, 15) is 9.18 Å². The first-order chi connectivity index (χ1) is 14.4. The second-order valence-electron chi connectivity index (χ2n) is 7.27. The Morgan fingerprint density at radius 3 is 2.60 bits per heavy atom. The van der Waals surface area contributed by atoms with Gasteiger partial charge in [-0.1, -0.05) is 48.9 Å². The molecule has 5 nitrogen and oxygen atoms in total. The smallest absolute Gasteiger partial charge is 0.273 e. The highest BCUT2D eigenvalue weighted by molar-refractivity contribution is 6.31. The van der Waals surface area contributed by atoms with E-state index < -0.39 is 0 Å². The topological polar surface area (TPSA) is 58.4 Å². The molecule has 0 aliphatic carbocycles. The van der Waals surface area contributed by atoms with Crippen molar-refractivity contribution in [2.75, 3.05) is 0 Å². The average molecular weight is 430 g/mol. The van der Waals surface area contributed by atoms with Crippen molar-refractivity contribution in [3.63, 3.8) is 0 Å². The molecule has 3 rings (SSSR count). The zero-order valence-corrected chi connectivity index (χ0v) is 17.8. The molecule has 1 aromatic heterocycles. The molecule has 30 heavy (non-hydrogen) atoms. The van der Waals surface area contributed by atoms with Crippen LogP contribution in [0.2, 0.25) is 5.02 Å². The molecule has 7 heteroatoms. The lowest BCUT2D eigenvalue weighted by atomic mass is 10.1. The summed E-state index contributed by atoms with van der Waals surface area (Å²) in [5, 5.41) is 3.55. The summed E-state index contributed by atoms with van der Waals surface area (Å²) in [4.78, 5) is 18.7. The molecule has 1 N–H and O–H groups in total. The molecule has 1 heterocycles. The largest absolute Gasteiger partial charge is 0.447 e. The van der Waals surface area contributed by atoms with Crippen LogP contribution >= 0.6 is 11.6 Å². The number of carbonyl (C=O) groups is 1. The molecule has 0 spiro atoms. The van der Waals surface area contributed by atoms with E-state index in [0.717, 1.165) is 17.5 Å². The molecular formula is C23H25ClFN3O2. The number of rotatable bonds is 9. The van der Waals surface area contributed by atoms with Crippen molar-refractivity contribution in [2.24, 2.45) is 0 Å². The summed E-state index contributed by atoms with van der Waals surface area (Å²) in [6, 6.07) is 14.0. The van der Waals surface area contributed by atoms with Crippen molar-refractivity contribution in [3.8, 4) is 0 Å². The predicted octanol–water partition coefficient (Wildman–Crippen LogP) is 5.20. The second-order valence-corrected chi connectivity index (χ2v) is 7.68. The van der Waals surface area contributed by atoms with E-state index in [-0.39, 0.29) is 23.5 Å². The SMILES string of the molecule is CCC(C)NC(=O)c1coc(CN(Cc2ccc(F)cc2)Cc2ccccc2Cl)n1. The minimum absolute atomic E-state index is 0.0628. The summed E-state index contributed by atoms with van der Waals surface area (Å²) in [5.41, 5.74) is 2.16. The van der Waals surface area contributed by atoms with Crippen LogP contribution in [0.25, 0.3) is 0 Å². The molecule has 0 radical (unpaired) electrons. The molecule has 1 atom stereocenters. The minimum Gasteiger partial charge on any atom is -0.447 e. The van der Waals surface area contributed by atoms with E-state index in [1.807, 2.05) is 38.1 Å². The fraction of sp³-hybridized carbons (Fsp3) is 0.304. The van der Waals surface area contributed by atoms with Crippen LogP contribution in [-0.4, -0.2) is 21.8 Å². The molecular weight excluding hydrogens is 405 g/mol. The Bertz CT molecular complexity index is 975. The molecule has 1 amide bonds. The number of aromatic nitrogens is 1. The third-order valence-corrected chi connectivity index (χ3v) is 5.17. The quantitative estimate of drug-likeness (QED) is 0.508. The summed E-state index contributed by atoms with van der Waals surface area (Å²) in [6.07, 6.45) is 2.21. The van der Waals surface area contributed by atoms with Crippen molar-refractivity contribution in [3.05, 3.63) is 88.3 Å². The Kier molecular flexibility index (Phi) is 7.60. The maximum absolute atomic E-state index is 13.3. The molecule has 0 aliphatic rings. The van der Waals surface area contributed by atoms with E-state index in [4.69, 9.17) is 16.0 Å². The van der Waals surface area contributed by atoms with Crippen LogP contribution in [0.5, 0.6) is 0 Å². The van der Waals surface area contributed by atoms with E-state index in [2.05, 4.69) is 15.2 Å². The normalized spacial score (nSPS) is 12.2. The molecule has 0 saturated carbocycles. The van der Waals surface area contributed by atoms with Gasteiger partial charge in [-0.3, -0.25) is 9.69 Å². The molecule has 3 aromatic rings. The third-order valence-electron chi connectivity index (χ3n) is 4.80. The van der Waals surface area contributed by atoms with Gasteiger partial charge in [0.25, 0.3) is 5.91 Å². The van der Waals surface area contributed by atoms with Gasteiger partial charge in [0, 0.05) is 24.2 Å². The number of hydrogen-bond acceptors (Lipinski definition) is 4. The van der Waals surface area contributed by atoms with Crippen molar-refractivity contribution in [2.45, 2.75) is 45.9 Å². The van der Waals surface area contributed by atoms with Gasteiger partial charge in [-0.05, 0) is 42.7 Å². The van der Waals surface area contributed by atoms with Crippen LogP contribution in [0, 0.1) is 5.82 Å². The lowest BCUT2D eigenvalue weighted by Gasteiger charge is -2.21. The van der Waals surface area contributed by atoms with Gasteiger partial charge >= 0.3 is 0 Å². The Morgan fingerprint density at radius 2 is 1.90 bits per heavy atom. The lowest BCUT2D eigenvalue weighted by Crippen LogP contribution is -2.32. The van der Waals surface area contributed by atoms with Crippen LogP contribution in [0.15, 0.2) is 59.2 Å². The van der Waals surface area contributed by atoms with Crippen molar-refractivity contribution in [1.82, 2.24) is 15.2 Å². The molecule has 0 bridgehead atoms. The van der Waals surface area contributed by atoms with Gasteiger partial charge in [0.1, 0.15) is 12.1 Å². The highest BCUT2D eigenvalue weighted by Crippen LogP contribution is 2.20. The van der Waals surface area contributed by atoms with Crippen molar-refractivity contribution < 1.29 is 13.6 Å². The zero-order valence-electron chi connectivity index (χ0n) is 17.1. The van der Waals surface area contributed by atoms with Gasteiger partial charge < -0.3 is 9.73 Å². The highest BCUT2D eigenvalue weighted by Gasteiger charge is 2.17. The van der Waals surface area contributed by atoms with Crippen LogP contribution in [0.4, 0.5) is 4.39 Å². The average Bonchev–Trinajstić information content (AvgIpc) is 3.20. The number of halogens is 2. The summed E-state index contributed by atoms with van der Waals surface area (Å²) < 4.78 is 18.8. The van der Waals surface area contributed by atoms with Gasteiger partial charge in [-0.2, -0.15) is 0 Å². The zero-order chi connectivity index (χ0) is 21.5. The fourth-order valence-corrected chi connectivity index (χ4v) is 3.16. The summed E-state index contributed by atoms with van der Waals surface area (Å²) in [7, 11) is 0. The first kappa shape index (κ1) is 22.0. The molecule has 0 saturated heterocycles. The third kappa shape index (κ3) is 6.15. The number of nitrogens with zero attached hydrogens (tertiary/aromatic N) is 2. The summed E-state index contributed by atoms with van der Waals surface area (Å²) >= 11 is 6.33. The lowest BCUT2D eigenvalue weighted by molar-refractivity contribution is 0.0934. The maximum atomic E-state index is 13.3. The number of oxazole rings is 1. The number of carbonyl (C=O) groups excluding carboxylic acids is 1. The van der Waals surface area contributed by atoms with Crippen molar-refractivity contribution >= 4 is 17.5 Å². The van der Waals surface area contributed by atoms with E-state index in [0.29, 0.717) is 30.5 Å². The molecule has 0 fully saturated rings.